The van der Waals surface area contributed by atoms with Crippen molar-refractivity contribution in [3.05, 3.63) is 11.4 Å². The Bertz CT molecular complexity index is 432. The Hall–Kier alpha value is -1.36. The van der Waals surface area contributed by atoms with E-state index in [-0.39, 0.29) is 0 Å². The number of nitrogens with one attached hydrogen (secondary N) is 2. The third-order valence-electron chi connectivity index (χ3n) is 4.15. The molecule has 0 amide bonds. The molecular formula is C14H25N5. The lowest BCUT2D eigenvalue weighted by atomic mass is 9.83. The molecule has 1 aromatic heterocycles. The smallest absolute Gasteiger partial charge is 0.148 e. The number of anilines is 2. The minimum absolute atomic E-state index is 0.525. The zero-order chi connectivity index (χ0) is 13.8. The normalized spacial score (nSPS) is 23.2. The van der Waals surface area contributed by atoms with Crippen molar-refractivity contribution in [3.8, 4) is 0 Å². The molecule has 5 nitrogen and oxygen atoms in total. The Morgan fingerprint density at radius 3 is 2.53 bits per heavy atom. The Kier molecular flexibility index (Phi) is 4.58. The van der Waals surface area contributed by atoms with Crippen molar-refractivity contribution in [2.75, 3.05) is 10.7 Å². The van der Waals surface area contributed by atoms with Crippen LogP contribution in [0.25, 0.3) is 0 Å². The van der Waals surface area contributed by atoms with E-state index in [1.165, 1.54) is 32.1 Å². The maximum atomic E-state index is 5.51. The molecule has 1 aliphatic rings. The number of nitrogens with zero attached hydrogens (tertiary/aromatic N) is 2. The van der Waals surface area contributed by atoms with E-state index in [4.69, 9.17) is 5.84 Å². The Morgan fingerprint density at radius 2 is 1.84 bits per heavy atom. The third-order valence-corrected chi connectivity index (χ3v) is 4.15. The van der Waals surface area contributed by atoms with Crippen LogP contribution in [-0.4, -0.2) is 16.0 Å². The fourth-order valence-electron chi connectivity index (χ4n) is 2.97. The Morgan fingerprint density at radius 1 is 1.16 bits per heavy atom. The number of aryl methyl sites for hydroxylation is 1. The molecule has 1 fully saturated rings. The van der Waals surface area contributed by atoms with Gasteiger partial charge in [0.25, 0.3) is 0 Å². The number of rotatable bonds is 4. The summed E-state index contributed by atoms with van der Waals surface area (Å²) >= 11 is 0. The molecule has 5 heteroatoms. The molecule has 2 atom stereocenters. The van der Waals surface area contributed by atoms with Gasteiger partial charge in [-0.1, -0.05) is 26.2 Å². The summed E-state index contributed by atoms with van der Waals surface area (Å²) in [6, 6.07) is 0.525. The van der Waals surface area contributed by atoms with Gasteiger partial charge >= 0.3 is 0 Å². The van der Waals surface area contributed by atoms with Gasteiger partial charge in [-0.05, 0) is 32.6 Å². The number of hydrogen-bond acceptors (Lipinski definition) is 5. The molecule has 1 saturated carbocycles. The average Bonchev–Trinajstić information content (AvgIpc) is 2.43. The molecule has 2 rings (SSSR count). The minimum Gasteiger partial charge on any atom is -0.367 e. The summed E-state index contributed by atoms with van der Waals surface area (Å²) in [4.78, 5) is 8.82. The second kappa shape index (κ2) is 6.19. The SMILES string of the molecule is CCC1CCCCC1Nc1nc(C)nc(NN)c1C. The zero-order valence-electron chi connectivity index (χ0n) is 12.2. The van der Waals surface area contributed by atoms with Gasteiger partial charge in [0.05, 0.1) is 0 Å². The second-order valence-electron chi connectivity index (χ2n) is 5.44. The molecule has 2 unspecified atom stereocenters. The third kappa shape index (κ3) is 3.15. The average molecular weight is 263 g/mol. The van der Waals surface area contributed by atoms with Crippen molar-refractivity contribution in [2.24, 2.45) is 11.8 Å². The largest absolute Gasteiger partial charge is 0.367 e. The van der Waals surface area contributed by atoms with Crippen molar-refractivity contribution in [1.29, 1.82) is 0 Å². The van der Waals surface area contributed by atoms with Gasteiger partial charge in [-0.15, -0.1) is 0 Å². The highest BCUT2D eigenvalue weighted by Gasteiger charge is 2.24. The van der Waals surface area contributed by atoms with E-state index in [0.29, 0.717) is 11.9 Å². The standard InChI is InChI=1S/C14H25N5/c1-4-11-7-5-6-8-12(11)18-13-9(2)14(19-15)17-10(3)16-13/h11-12H,4-8,15H2,1-3H3,(H2,16,17,18,19). The maximum absolute atomic E-state index is 5.51. The molecule has 0 aromatic carbocycles. The van der Waals surface area contributed by atoms with Gasteiger partial charge in [-0.3, -0.25) is 0 Å². The summed E-state index contributed by atoms with van der Waals surface area (Å²) in [6.45, 7) is 6.17. The molecule has 0 bridgehead atoms. The highest BCUT2D eigenvalue weighted by Crippen LogP contribution is 2.30. The number of hydrogen-bond donors (Lipinski definition) is 3. The molecule has 1 heterocycles. The summed E-state index contributed by atoms with van der Waals surface area (Å²) in [5, 5.41) is 3.62. The van der Waals surface area contributed by atoms with Crippen LogP contribution >= 0.6 is 0 Å². The molecule has 106 valence electrons. The summed E-state index contributed by atoms with van der Waals surface area (Å²) in [5.41, 5.74) is 3.64. The van der Waals surface area contributed by atoms with Crippen LogP contribution in [0.15, 0.2) is 0 Å². The molecule has 19 heavy (non-hydrogen) atoms. The number of aromatic nitrogens is 2. The molecule has 0 spiro atoms. The van der Waals surface area contributed by atoms with Crippen molar-refractivity contribution in [2.45, 2.75) is 58.9 Å². The molecular weight excluding hydrogens is 238 g/mol. The van der Waals surface area contributed by atoms with Gasteiger partial charge in [0, 0.05) is 11.6 Å². The van der Waals surface area contributed by atoms with Crippen LogP contribution in [0.3, 0.4) is 0 Å². The number of nitrogens with two attached hydrogens (primary N) is 1. The molecule has 4 N–H and O–H groups in total. The summed E-state index contributed by atoms with van der Waals surface area (Å²) in [7, 11) is 0. The van der Waals surface area contributed by atoms with E-state index in [9.17, 15) is 0 Å². The molecule has 1 aromatic rings. The first kappa shape index (κ1) is 14.1. The van der Waals surface area contributed by atoms with Crippen LogP contribution in [0.1, 0.15) is 50.4 Å². The van der Waals surface area contributed by atoms with Crippen molar-refractivity contribution in [3.63, 3.8) is 0 Å². The second-order valence-corrected chi connectivity index (χ2v) is 5.44. The van der Waals surface area contributed by atoms with E-state index in [0.717, 1.165) is 23.1 Å². The zero-order valence-corrected chi connectivity index (χ0v) is 12.2. The quantitative estimate of drug-likeness (QED) is 0.575. The predicted molar refractivity (Wildman–Crippen MR) is 79.0 cm³/mol. The van der Waals surface area contributed by atoms with Crippen molar-refractivity contribution < 1.29 is 0 Å². The first-order valence-electron chi connectivity index (χ1n) is 7.24. The van der Waals surface area contributed by atoms with E-state index in [2.05, 4.69) is 27.6 Å². The van der Waals surface area contributed by atoms with Crippen LogP contribution < -0.4 is 16.6 Å². The van der Waals surface area contributed by atoms with Gasteiger partial charge in [0.15, 0.2) is 0 Å². The molecule has 0 radical (unpaired) electrons. The first-order valence-corrected chi connectivity index (χ1v) is 7.24. The fraction of sp³-hybridized carbons (Fsp3) is 0.714. The van der Waals surface area contributed by atoms with Gasteiger partial charge in [-0.25, -0.2) is 15.8 Å². The monoisotopic (exact) mass is 263 g/mol. The Labute approximate surface area is 115 Å². The number of nitrogen functional groups attached to an aromatic ring is 1. The van der Waals surface area contributed by atoms with Gasteiger partial charge in [-0.2, -0.15) is 0 Å². The van der Waals surface area contributed by atoms with Crippen LogP contribution in [0.4, 0.5) is 11.6 Å². The van der Waals surface area contributed by atoms with Crippen LogP contribution in [0, 0.1) is 19.8 Å². The molecule has 0 aliphatic heterocycles. The van der Waals surface area contributed by atoms with E-state index >= 15 is 0 Å². The van der Waals surface area contributed by atoms with Gasteiger partial charge < -0.3 is 10.7 Å². The first-order chi connectivity index (χ1) is 9.15. The van der Waals surface area contributed by atoms with Crippen LogP contribution in [0.2, 0.25) is 0 Å². The lowest BCUT2D eigenvalue weighted by molar-refractivity contribution is 0.316. The van der Waals surface area contributed by atoms with Gasteiger partial charge in [0.2, 0.25) is 0 Å². The lowest BCUT2D eigenvalue weighted by Crippen LogP contribution is -2.32. The molecule has 0 saturated heterocycles. The predicted octanol–water partition coefficient (Wildman–Crippen LogP) is 2.76. The highest BCUT2D eigenvalue weighted by molar-refractivity contribution is 5.57. The van der Waals surface area contributed by atoms with E-state index in [1.54, 1.807) is 0 Å². The minimum atomic E-state index is 0.525. The van der Waals surface area contributed by atoms with Gasteiger partial charge in [0.1, 0.15) is 17.5 Å². The van der Waals surface area contributed by atoms with E-state index < -0.39 is 0 Å². The number of hydrazine groups is 1. The maximum Gasteiger partial charge on any atom is 0.148 e. The summed E-state index contributed by atoms with van der Waals surface area (Å²) in [5.74, 6) is 8.62. The van der Waals surface area contributed by atoms with Crippen molar-refractivity contribution in [1.82, 2.24) is 9.97 Å². The Balaban J connectivity index is 2.20. The fourth-order valence-corrected chi connectivity index (χ4v) is 2.97. The van der Waals surface area contributed by atoms with Crippen LogP contribution in [-0.2, 0) is 0 Å². The summed E-state index contributed by atoms with van der Waals surface area (Å²) < 4.78 is 0. The lowest BCUT2D eigenvalue weighted by Gasteiger charge is -2.32. The van der Waals surface area contributed by atoms with Crippen molar-refractivity contribution >= 4 is 11.6 Å². The molecule has 1 aliphatic carbocycles. The van der Waals surface area contributed by atoms with Crippen LogP contribution in [0.5, 0.6) is 0 Å². The summed E-state index contributed by atoms with van der Waals surface area (Å²) in [6.07, 6.45) is 6.43. The van der Waals surface area contributed by atoms with E-state index in [1.807, 2.05) is 13.8 Å². The topological polar surface area (TPSA) is 75.9 Å². The highest BCUT2D eigenvalue weighted by atomic mass is 15.3.